The fraction of sp³-hybridized carbons (Fsp3) is 0.450. The van der Waals surface area contributed by atoms with Crippen LogP contribution < -0.4 is 15.2 Å². The van der Waals surface area contributed by atoms with Crippen molar-refractivity contribution >= 4 is 5.82 Å². The number of hydrogen-bond donors (Lipinski definition) is 1. The second-order valence-corrected chi connectivity index (χ2v) is 7.54. The molecule has 5 heteroatoms. The third-order valence-electron chi connectivity index (χ3n) is 5.25. The molecule has 2 aromatic rings. The lowest BCUT2D eigenvalue weighted by molar-refractivity contribution is 0.0971. The highest BCUT2D eigenvalue weighted by Crippen LogP contribution is 2.38. The molecule has 0 saturated carbocycles. The first-order valence-corrected chi connectivity index (χ1v) is 8.92. The summed E-state index contributed by atoms with van der Waals surface area (Å²) < 4.78 is 10.9. The van der Waals surface area contributed by atoms with Crippen LogP contribution in [0.2, 0.25) is 0 Å². The number of benzene rings is 1. The highest BCUT2D eigenvalue weighted by molar-refractivity contribution is 5.44. The van der Waals surface area contributed by atoms with Crippen molar-refractivity contribution in [3.63, 3.8) is 0 Å². The van der Waals surface area contributed by atoms with Gasteiger partial charge in [0.05, 0.1) is 0 Å². The number of ether oxygens (including phenoxy) is 2. The van der Waals surface area contributed by atoms with E-state index in [1.807, 2.05) is 12.1 Å². The molecule has 0 radical (unpaired) electrons. The number of piperidine rings is 1. The minimum Gasteiger partial charge on any atom is -0.454 e. The maximum absolute atomic E-state index is 6.02. The summed E-state index contributed by atoms with van der Waals surface area (Å²) in [7, 11) is 0. The number of hydrogen-bond acceptors (Lipinski definition) is 5. The largest absolute Gasteiger partial charge is 0.454 e. The molecule has 0 spiro atoms. The van der Waals surface area contributed by atoms with Crippen molar-refractivity contribution in [2.75, 3.05) is 25.6 Å². The first-order valence-electron chi connectivity index (χ1n) is 8.92. The molecule has 1 aromatic carbocycles. The Morgan fingerprint density at radius 3 is 3.00 bits per heavy atom. The van der Waals surface area contributed by atoms with E-state index in [0.29, 0.717) is 12.6 Å². The molecule has 2 aliphatic rings. The Balaban J connectivity index is 1.45. The molecule has 1 saturated heterocycles. The fourth-order valence-electron chi connectivity index (χ4n) is 4.08. The van der Waals surface area contributed by atoms with Crippen molar-refractivity contribution in [2.24, 2.45) is 5.41 Å². The van der Waals surface area contributed by atoms with E-state index in [4.69, 9.17) is 15.2 Å². The maximum Gasteiger partial charge on any atom is 0.231 e. The zero-order valence-corrected chi connectivity index (χ0v) is 14.7. The smallest absolute Gasteiger partial charge is 0.231 e. The lowest BCUT2D eigenvalue weighted by Gasteiger charge is -2.41. The number of anilines is 1. The molecule has 2 N–H and O–H groups in total. The van der Waals surface area contributed by atoms with Crippen molar-refractivity contribution in [3.8, 4) is 11.5 Å². The van der Waals surface area contributed by atoms with Gasteiger partial charge in [0, 0.05) is 24.8 Å². The second kappa shape index (κ2) is 6.56. The van der Waals surface area contributed by atoms with E-state index in [1.165, 1.54) is 18.4 Å². The third-order valence-corrected chi connectivity index (χ3v) is 5.25. The van der Waals surface area contributed by atoms with Gasteiger partial charge in [-0.2, -0.15) is 0 Å². The van der Waals surface area contributed by atoms with Crippen LogP contribution in [0.3, 0.4) is 0 Å². The van der Waals surface area contributed by atoms with Crippen LogP contribution in [-0.2, 0) is 13.0 Å². The molecular weight excluding hydrogens is 314 g/mol. The maximum atomic E-state index is 6.02. The number of likely N-dealkylation sites (tertiary alicyclic amines) is 1. The van der Waals surface area contributed by atoms with Gasteiger partial charge < -0.3 is 15.2 Å². The van der Waals surface area contributed by atoms with E-state index < -0.39 is 0 Å². The summed E-state index contributed by atoms with van der Waals surface area (Å²) in [6, 6.07) is 10.4. The lowest BCUT2D eigenvalue weighted by Crippen LogP contribution is -2.42. The number of aromatic nitrogens is 1. The molecule has 5 nitrogen and oxygen atoms in total. The van der Waals surface area contributed by atoms with Gasteiger partial charge in [-0.3, -0.25) is 4.90 Å². The topological polar surface area (TPSA) is 60.6 Å². The zero-order valence-electron chi connectivity index (χ0n) is 14.7. The first-order chi connectivity index (χ1) is 12.1. The number of pyridine rings is 1. The van der Waals surface area contributed by atoms with Gasteiger partial charge >= 0.3 is 0 Å². The molecule has 3 heterocycles. The van der Waals surface area contributed by atoms with Crippen molar-refractivity contribution in [1.82, 2.24) is 9.88 Å². The standard InChI is InChI=1S/C20H25N3O2/c1-20(11-15-5-6-17-18(10-15)25-14-24-17)7-3-9-23(13-20)12-16-4-2-8-22-19(16)21/h2,4-6,8,10H,3,7,9,11-14H2,1H3,(H2,21,22). The molecule has 1 atom stereocenters. The molecule has 0 aliphatic carbocycles. The summed E-state index contributed by atoms with van der Waals surface area (Å²) in [5, 5.41) is 0. The van der Waals surface area contributed by atoms with Crippen molar-refractivity contribution in [2.45, 2.75) is 32.7 Å². The Morgan fingerprint density at radius 1 is 1.24 bits per heavy atom. The molecule has 0 amide bonds. The van der Waals surface area contributed by atoms with Gasteiger partial charge in [-0.25, -0.2) is 4.98 Å². The Kier molecular flexibility index (Phi) is 4.25. The predicted octanol–water partition coefficient (Wildman–Crippen LogP) is 3.24. The zero-order chi connectivity index (χ0) is 17.3. The summed E-state index contributed by atoms with van der Waals surface area (Å²) >= 11 is 0. The predicted molar refractivity (Wildman–Crippen MR) is 97.5 cm³/mol. The second-order valence-electron chi connectivity index (χ2n) is 7.54. The average molecular weight is 339 g/mol. The number of nitrogen functional groups attached to an aromatic ring is 1. The fourth-order valence-corrected chi connectivity index (χ4v) is 4.08. The quantitative estimate of drug-likeness (QED) is 0.926. The Hall–Kier alpha value is -2.27. The molecule has 1 unspecified atom stereocenters. The minimum atomic E-state index is 0.253. The third kappa shape index (κ3) is 3.56. The van der Waals surface area contributed by atoms with Crippen LogP contribution in [0.5, 0.6) is 11.5 Å². The number of fused-ring (bicyclic) bond motifs is 1. The minimum absolute atomic E-state index is 0.253. The van der Waals surface area contributed by atoms with Gasteiger partial charge in [0.1, 0.15) is 5.82 Å². The van der Waals surface area contributed by atoms with Gasteiger partial charge in [0.15, 0.2) is 11.5 Å². The SMILES string of the molecule is CC1(Cc2ccc3c(c2)OCO3)CCCN(Cc2cccnc2N)C1. The van der Waals surface area contributed by atoms with E-state index >= 15 is 0 Å². The van der Waals surface area contributed by atoms with Crippen LogP contribution in [0, 0.1) is 5.41 Å². The van der Waals surface area contributed by atoms with Gasteiger partial charge in [0.2, 0.25) is 6.79 Å². The highest BCUT2D eigenvalue weighted by atomic mass is 16.7. The molecule has 0 bridgehead atoms. The molecule has 1 fully saturated rings. The van der Waals surface area contributed by atoms with Gasteiger partial charge in [0.25, 0.3) is 0 Å². The summed E-state index contributed by atoms with van der Waals surface area (Å²) in [4.78, 5) is 6.71. The Labute approximate surface area is 148 Å². The van der Waals surface area contributed by atoms with Crippen LogP contribution in [-0.4, -0.2) is 29.8 Å². The van der Waals surface area contributed by atoms with E-state index in [-0.39, 0.29) is 5.41 Å². The van der Waals surface area contributed by atoms with E-state index in [0.717, 1.165) is 43.1 Å². The van der Waals surface area contributed by atoms with Gasteiger partial charge in [-0.15, -0.1) is 0 Å². The summed E-state index contributed by atoms with van der Waals surface area (Å²) in [5.74, 6) is 2.37. The van der Waals surface area contributed by atoms with Gasteiger partial charge in [-0.1, -0.05) is 19.1 Å². The van der Waals surface area contributed by atoms with Crippen molar-refractivity contribution in [3.05, 3.63) is 47.7 Å². The number of nitrogens with two attached hydrogens (primary N) is 1. The molecular formula is C20H25N3O2. The van der Waals surface area contributed by atoms with Crippen LogP contribution >= 0.6 is 0 Å². The molecule has 25 heavy (non-hydrogen) atoms. The number of rotatable bonds is 4. The number of nitrogens with zero attached hydrogens (tertiary/aromatic N) is 2. The van der Waals surface area contributed by atoms with Crippen LogP contribution in [0.25, 0.3) is 0 Å². The van der Waals surface area contributed by atoms with Crippen LogP contribution in [0.1, 0.15) is 30.9 Å². The van der Waals surface area contributed by atoms with Crippen molar-refractivity contribution in [1.29, 1.82) is 0 Å². The molecule has 132 valence electrons. The average Bonchev–Trinajstić information content (AvgIpc) is 3.04. The first kappa shape index (κ1) is 16.2. The Bertz CT molecular complexity index is 764. The summed E-state index contributed by atoms with van der Waals surface area (Å²) in [6.07, 6.45) is 5.24. The Morgan fingerprint density at radius 2 is 2.12 bits per heavy atom. The summed E-state index contributed by atoms with van der Waals surface area (Å²) in [5.41, 5.74) is 8.70. The molecule has 2 aliphatic heterocycles. The molecule has 4 rings (SSSR count). The van der Waals surface area contributed by atoms with Crippen LogP contribution in [0.15, 0.2) is 36.5 Å². The van der Waals surface area contributed by atoms with Crippen LogP contribution in [0.4, 0.5) is 5.82 Å². The van der Waals surface area contributed by atoms with Gasteiger partial charge in [-0.05, 0) is 55.0 Å². The van der Waals surface area contributed by atoms with E-state index in [1.54, 1.807) is 6.20 Å². The van der Waals surface area contributed by atoms with Crippen molar-refractivity contribution < 1.29 is 9.47 Å². The normalized spacial score (nSPS) is 22.9. The monoisotopic (exact) mass is 339 g/mol. The van der Waals surface area contributed by atoms with E-state index in [9.17, 15) is 0 Å². The summed E-state index contributed by atoms with van der Waals surface area (Å²) in [6.45, 7) is 5.77. The highest BCUT2D eigenvalue weighted by Gasteiger charge is 2.31. The van der Waals surface area contributed by atoms with E-state index in [2.05, 4.69) is 35.0 Å². The lowest BCUT2D eigenvalue weighted by atomic mass is 9.77. The molecule has 1 aromatic heterocycles.